The van der Waals surface area contributed by atoms with Crippen LogP contribution in [0.1, 0.15) is 35.5 Å². The zero-order valence-corrected chi connectivity index (χ0v) is 19.3. The zero-order chi connectivity index (χ0) is 23.5. The molecule has 0 spiro atoms. The van der Waals surface area contributed by atoms with Crippen LogP contribution in [0.2, 0.25) is 0 Å². The van der Waals surface area contributed by atoms with Gasteiger partial charge >= 0.3 is 0 Å². The number of fused-ring (bicyclic) bond motifs is 1. The number of amides is 2. The van der Waals surface area contributed by atoms with Gasteiger partial charge in [-0.25, -0.2) is 0 Å². The highest BCUT2D eigenvalue weighted by molar-refractivity contribution is 6.11. The second-order valence-electron chi connectivity index (χ2n) is 8.60. The number of nitrogens with one attached hydrogen (secondary N) is 1. The Labute approximate surface area is 193 Å². The molecular formula is C26H29N3O4. The second kappa shape index (κ2) is 9.58. The highest BCUT2D eigenvalue weighted by atomic mass is 16.3. The standard InChI is InChI=1S/C26H29N3O4/c1-17-8-10-20(11-9-17)16-23(31)29-14-12-28(13-15-29)18(2)26(32)27-24-21-6-4-5-7-22(21)33-25(24)19(3)30/h4-11,18H,12-16H2,1-3H3,(H,27,32). The fourth-order valence-corrected chi connectivity index (χ4v) is 4.16. The number of rotatable bonds is 6. The lowest BCUT2D eigenvalue weighted by Gasteiger charge is -2.37. The first-order valence-electron chi connectivity index (χ1n) is 11.2. The Hall–Kier alpha value is -3.45. The van der Waals surface area contributed by atoms with Gasteiger partial charge in [-0.15, -0.1) is 0 Å². The van der Waals surface area contributed by atoms with Gasteiger partial charge in [0.1, 0.15) is 5.58 Å². The predicted molar refractivity (Wildman–Crippen MR) is 127 cm³/mol. The Bertz CT molecular complexity index is 1170. The topological polar surface area (TPSA) is 82.9 Å². The number of nitrogens with zero attached hydrogens (tertiary/aromatic N) is 2. The molecule has 1 unspecified atom stereocenters. The van der Waals surface area contributed by atoms with Crippen LogP contribution in [0.5, 0.6) is 0 Å². The number of anilines is 1. The Balaban J connectivity index is 1.36. The molecule has 1 aliphatic heterocycles. The summed E-state index contributed by atoms with van der Waals surface area (Å²) in [6, 6.07) is 14.9. The smallest absolute Gasteiger partial charge is 0.241 e. The van der Waals surface area contributed by atoms with E-state index in [2.05, 4.69) is 10.2 Å². The molecule has 7 heteroatoms. The van der Waals surface area contributed by atoms with Crippen LogP contribution in [-0.2, 0) is 16.0 Å². The Morgan fingerprint density at radius 2 is 1.67 bits per heavy atom. The lowest BCUT2D eigenvalue weighted by atomic mass is 10.1. The van der Waals surface area contributed by atoms with Crippen LogP contribution in [0.3, 0.4) is 0 Å². The van der Waals surface area contributed by atoms with Gasteiger partial charge in [-0.2, -0.15) is 0 Å². The van der Waals surface area contributed by atoms with Crippen LogP contribution in [0.4, 0.5) is 5.69 Å². The van der Waals surface area contributed by atoms with E-state index >= 15 is 0 Å². The molecule has 4 rings (SSSR count). The molecule has 1 saturated heterocycles. The number of benzene rings is 2. The molecule has 172 valence electrons. The number of hydrogen-bond donors (Lipinski definition) is 1. The number of carbonyl (C=O) groups excluding carboxylic acids is 3. The average Bonchev–Trinajstić information content (AvgIpc) is 3.19. The Kier molecular flexibility index (Phi) is 6.60. The minimum absolute atomic E-state index is 0.103. The van der Waals surface area contributed by atoms with E-state index in [9.17, 15) is 14.4 Å². The van der Waals surface area contributed by atoms with Crippen molar-refractivity contribution in [3.63, 3.8) is 0 Å². The number of Topliss-reactive ketones (excluding diaryl/α,β-unsaturated/α-hetero) is 1. The number of hydrogen-bond acceptors (Lipinski definition) is 5. The molecule has 0 aliphatic carbocycles. The molecule has 2 heterocycles. The first-order valence-corrected chi connectivity index (χ1v) is 11.2. The molecule has 33 heavy (non-hydrogen) atoms. The van der Waals surface area contributed by atoms with Gasteiger partial charge in [0, 0.05) is 38.5 Å². The van der Waals surface area contributed by atoms with Gasteiger partial charge in [0.25, 0.3) is 0 Å². The molecular weight excluding hydrogens is 418 g/mol. The van der Waals surface area contributed by atoms with E-state index in [1.54, 1.807) is 6.07 Å². The summed E-state index contributed by atoms with van der Waals surface area (Å²) >= 11 is 0. The number of piperazine rings is 1. The van der Waals surface area contributed by atoms with Crippen LogP contribution >= 0.6 is 0 Å². The van der Waals surface area contributed by atoms with Gasteiger partial charge in [-0.05, 0) is 31.5 Å². The molecule has 1 aliphatic rings. The van der Waals surface area contributed by atoms with Crippen LogP contribution in [-0.4, -0.2) is 59.6 Å². The summed E-state index contributed by atoms with van der Waals surface area (Å²) in [5.74, 6) is -0.187. The third-order valence-electron chi connectivity index (χ3n) is 6.23. The van der Waals surface area contributed by atoms with E-state index in [1.165, 1.54) is 12.5 Å². The van der Waals surface area contributed by atoms with E-state index in [0.717, 1.165) is 5.56 Å². The van der Waals surface area contributed by atoms with Crippen molar-refractivity contribution < 1.29 is 18.8 Å². The van der Waals surface area contributed by atoms with Gasteiger partial charge in [0.2, 0.25) is 11.8 Å². The van der Waals surface area contributed by atoms with E-state index in [0.29, 0.717) is 49.3 Å². The van der Waals surface area contributed by atoms with Crippen molar-refractivity contribution in [3.05, 3.63) is 65.4 Å². The van der Waals surface area contributed by atoms with Crippen molar-refractivity contribution in [1.29, 1.82) is 0 Å². The van der Waals surface area contributed by atoms with Crippen LogP contribution < -0.4 is 5.32 Å². The number of ketones is 1. The molecule has 1 N–H and O–H groups in total. The molecule has 0 radical (unpaired) electrons. The van der Waals surface area contributed by atoms with Gasteiger partial charge in [-0.1, -0.05) is 42.0 Å². The highest BCUT2D eigenvalue weighted by Crippen LogP contribution is 2.31. The van der Waals surface area contributed by atoms with Gasteiger partial charge in [-0.3, -0.25) is 19.3 Å². The van der Waals surface area contributed by atoms with Crippen molar-refractivity contribution in [1.82, 2.24) is 9.80 Å². The van der Waals surface area contributed by atoms with E-state index in [4.69, 9.17) is 4.42 Å². The van der Waals surface area contributed by atoms with Crippen molar-refractivity contribution in [2.24, 2.45) is 0 Å². The zero-order valence-electron chi connectivity index (χ0n) is 19.3. The van der Waals surface area contributed by atoms with E-state index < -0.39 is 6.04 Å². The summed E-state index contributed by atoms with van der Waals surface area (Å²) in [7, 11) is 0. The van der Waals surface area contributed by atoms with E-state index in [1.807, 2.05) is 61.2 Å². The molecule has 1 aromatic heterocycles. The van der Waals surface area contributed by atoms with Crippen molar-refractivity contribution >= 4 is 34.3 Å². The molecule has 2 aromatic carbocycles. The molecule has 3 aromatic rings. The van der Waals surface area contributed by atoms with E-state index in [-0.39, 0.29) is 23.4 Å². The Morgan fingerprint density at radius 3 is 2.33 bits per heavy atom. The average molecular weight is 448 g/mol. The summed E-state index contributed by atoms with van der Waals surface area (Å²) in [5, 5.41) is 3.61. The maximum atomic E-state index is 13.0. The molecule has 1 atom stereocenters. The maximum absolute atomic E-state index is 13.0. The fourth-order valence-electron chi connectivity index (χ4n) is 4.16. The molecule has 0 bridgehead atoms. The summed E-state index contributed by atoms with van der Waals surface area (Å²) < 4.78 is 5.66. The third kappa shape index (κ3) is 4.98. The Morgan fingerprint density at radius 1 is 1.00 bits per heavy atom. The largest absolute Gasteiger partial charge is 0.451 e. The molecule has 0 saturated carbocycles. The SMILES string of the molecule is CC(=O)c1oc2ccccc2c1NC(=O)C(C)N1CCN(C(=O)Cc2ccc(C)cc2)CC1. The normalized spacial score (nSPS) is 15.4. The summed E-state index contributed by atoms with van der Waals surface area (Å²) in [6.45, 7) is 7.67. The van der Waals surface area contributed by atoms with Crippen molar-refractivity contribution in [3.8, 4) is 0 Å². The summed E-state index contributed by atoms with van der Waals surface area (Å²) in [4.78, 5) is 41.7. The summed E-state index contributed by atoms with van der Waals surface area (Å²) in [6.07, 6.45) is 0.387. The van der Waals surface area contributed by atoms with Gasteiger partial charge in [0.15, 0.2) is 11.5 Å². The van der Waals surface area contributed by atoms with Crippen LogP contribution in [0.15, 0.2) is 52.9 Å². The van der Waals surface area contributed by atoms with Crippen LogP contribution in [0.25, 0.3) is 11.0 Å². The van der Waals surface area contributed by atoms with Gasteiger partial charge in [0.05, 0.1) is 18.2 Å². The number of furan rings is 1. The minimum Gasteiger partial charge on any atom is -0.451 e. The first kappa shape index (κ1) is 22.7. The van der Waals surface area contributed by atoms with Crippen molar-refractivity contribution in [2.75, 3.05) is 31.5 Å². The van der Waals surface area contributed by atoms with Gasteiger partial charge < -0.3 is 14.6 Å². The minimum atomic E-state index is -0.409. The number of aryl methyl sites for hydroxylation is 1. The predicted octanol–water partition coefficient (Wildman–Crippen LogP) is 3.66. The highest BCUT2D eigenvalue weighted by Gasteiger charge is 2.29. The quantitative estimate of drug-likeness (QED) is 0.583. The second-order valence-corrected chi connectivity index (χ2v) is 8.60. The monoisotopic (exact) mass is 447 g/mol. The summed E-state index contributed by atoms with van der Waals surface area (Å²) in [5.41, 5.74) is 3.16. The molecule has 2 amide bonds. The first-order chi connectivity index (χ1) is 15.8. The van der Waals surface area contributed by atoms with Crippen molar-refractivity contribution in [2.45, 2.75) is 33.2 Å². The molecule has 1 fully saturated rings. The molecule has 7 nitrogen and oxygen atoms in total. The fraction of sp³-hybridized carbons (Fsp3) is 0.346. The number of carbonyl (C=O) groups is 3. The number of para-hydroxylation sites is 1. The lowest BCUT2D eigenvalue weighted by molar-refractivity contribution is -0.133. The maximum Gasteiger partial charge on any atom is 0.241 e. The third-order valence-corrected chi connectivity index (χ3v) is 6.23. The lowest BCUT2D eigenvalue weighted by Crippen LogP contribution is -2.54. The van der Waals surface area contributed by atoms with Crippen LogP contribution in [0, 0.1) is 6.92 Å².